The van der Waals surface area contributed by atoms with Crippen LogP contribution in [0.3, 0.4) is 0 Å². The van der Waals surface area contributed by atoms with Gasteiger partial charge in [-0.05, 0) is 35.0 Å². The van der Waals surface area contributed by atoms with Gasteiger partial charge in [-0.3, -0.25) is 4.79 Å². The van der Waals surface area contributed by atoms with Gasteiger partial charge < -0.3 is 5.32 Å². The maximum Gasteiger partial charge on any atom is 0.283 e. The zero-order valence-corrected chi connectivity index (χ0v) is 14.2. The molecule has 1 atom stereocenters. The van der Waals surface area contributed by atoms with E-state index in [1.54, 1.807) is 6.20 Å². The van der Waals surface area contributed by atoms with Gasteiger partial charge in [-0.2, -0.15) is 16.9 Å². The Morgan fingerprint density at radius 2 is 2.32 bits per heavy atom. The van der Waals surface area contributed by atoms with Crippen LogP contribution in [0.25, 0.3) is 0 Å². The van der Waals surface area contributed by atoms with Crippen molar-refractivity contribution in [3.63, 3.8) is 0 Å². The molecule has 0 bridgehead atoms. The number of hydrogen-bond donors (Lipinski definition) is 1. The number of nitrogens with zero attached hydrogens (tertiary/aromatic N) is 2. The third-order valence-electron chi connectivity index (χ3n) is 2.98. The summed E-state index contributed by atoms with van der Waals surface area (Å²) in [5.74, 6) is 0. The van der Waals surface area contributed by atoms with E-state index in [1.807, 2.05) is 11.8 Å². The van der Waals surface area contributed by atoms with Gasteiger partial charge in [0.2, 0.25) is 0 Å². The first-order chi connectivity index (χ1) is 9.10. The fraction of sp³-hybridized carbons (Fsp3) is 0.692. The van der Waals surface area contributed by atoms with E-state index in [2.05, 4.69) is 46.4 Å². The largest absolute Gasteiger partial charge is 0.383 e. The van der Waals surface area contributed by atoms with E-state index in [0.29, 0.717) is 16.3 Å². The van der Waals surface area contributed by atoms with Gasteiger partial charge in [0, 0.05) is 18.3 Å². The minimum Gasteiger partial charge on any atom is -0.383 e. The topological polar surface area (TPSA) is 46.9 Å². The molecule has 0 aliphatic rings. The average molecular weight is 348 g/mol. The Morgan fingerprint density at radius 3 is 2.95 bits per heavy atom. The van der Waals surface area contributed by atoms with Crippen LogP contribution in [-0.2, 0) is 6.54 Å². The SMILES string of the molecule is CCCCn1ncc(NCCC(C)SC)c(Br)c1=O. The van der Waals surface area contributed by atoms with Crippen LogP contribution in [0.4, 0.5) is 5.69 Å². The molecule has 1 unspecified atom stereocenters. The molecule has 1 N–H and O–H groups in total. The Balaban J connectivity index is 2.65. The van der Waals surface area contributed by atoms with E-state index >= 15 is 0 Å². The van der Waals surface area contributed by atoms with E-state index < -0.39 is 0 Å². The summed E-state index contributed by atoms with van der Waals surface area (Å²) in [4.78, 5) is 12.1. The van der Waals surface area contributed by atoms with Gasteiger partial charge in [-0.25, -0.2) is 4.68 Å². The van der Waals surface area contributed by atoms with Crippen molar-refractivity contribution in [2.75, 3.05) is 18.1 Å². The zero-order chi connectivity index (χ0) is 14.3. The minimum atomic E-state index is -0.0589. The summed E-state index contributed by atoms with van der Waals surface area (Å²) in [7, 11) is 0. The Hall–Kier alpha value is -0.490. The molecule has 0 saturated heterocycles. The molecular weight excluding hydrogens is 326 g/mol. The fourth-order valence-electron chi connectivity index (χ4n) is 1.58. The van der Waals surface area contributed by atoms with Crippen molar-refractivity contribution in [3.8, 4) is 0 Å². The van der Waals surface area contributed by atoms with E-state index in [1.165, 1.54) is 4.68 Å². The standard InChI is InChI=1S/C13H22BrN3OS/c1-4-5-8-17-13(18)12(14)11(9-16-17)15-7-6-10(2)19-3/h9-10,15H,4-8H2,1-3H3. The van der Waals surface area contributed by atoms with E-state index in [9.17, 15) is 4.79 Å². The highest BCUT2D eigenvalue weighted by Crippen LogP contribution is 2.17. The Labute approximate surface area is 127 Å². The van der Waals surface area contributed by atoms with Crippen LogP contribution in [0.1, 0.15) is 33.1 Å². The van der Waals surface area contributed by atoms with Crippen molar-refractivity contribution < 1.29 is 0 Å². The predicted molar refractivity (Wildman–Crippen MR) is 87.2 cm³/mol. The fourth-order valence-corrected chi connectivity index (χ4v) is 2.38. The second-order valence-corrected chi connectivity index (χ2v) is 6.58. The van der Waals surface area contributed by atoms with Crippen molar-refractivity contribution in [3.05, 3.63) is 21.0 Å². The normalized spacial score (nSPS) is 12.4. The molecule has 0 aliphatic heterocycles. The third kappa shape index (κ3) is 5.18. The Bertz CT molecular complexity index is 450. The van der Waals surface area contributed by atoms with Crippen LogP contribution in [0.15, 0.2) is 15.5 Å². The third-order valence-corrected chi connectivity index (χ3v) is 4.78. The number of anilines is 1. The molecule has 0 fully saturated rings. The van der Waals surface area contributed by atoms with Crippen LogP contribution < -0.4 is 10.9 Å². The van der Waals surface area contributed by atoms with Gasteiger partial charge >= 0.3 is 0 Å². The molecule has 0 saturated carbocycles. The number of aromatic nitrogens is 2. The number of aryl methyl sites for hydroxylation is 1. The van der Waals surface area contributed by atoms with Gasteiger partial charge in [0.1, 0.15) is 4.47 Å². The number of nitrogens with one attached hydrogen (secondary N) is 1. The van der Waals surface area contributed by atoms with Crippen molar-refractivity contribution in [2.24, 2.45) is 0 Å². The van der Waals surface area contributed by atoms with Gasteiger partial charge in [-0.15, -0.1) is 0 Å². The second-order valence-electron chi connectivity index (χ2n) is 4.52. The minimum absolute atomic E-state index is 0.0589. The summed E-state index contributed by atoms with van der Waals surface area (Å²) < 4.78 is 2.10. The molecule has 1 aromatic heterocycles. The molecule has 0 aromatic carbocycles. The maximum atomic E-state index is 12.1. The summed E-state index contributed by atoms with van der Waals surface area (Å²) in [6.45, 7) is 5.82. The van der Waals surface area contributed by atoms with E-state index in [-0.39, 0.29) is 5.56 Å². The number of thioether (sulfide) groups is 1. The Kier molecular flexibility index (Phi) is 7.53. The molecule has 1 aromatic rings. The number of unbranched alkanes of at least 4 members (excludes halogenated alkanes) is 1. The summed E-state index contributed by atoms with van der Waals surface area (Å²) in [6, 6.07) is 0. The molecule has 0 aliphatic carbocycles. The maximum absolute atomic E-state index is 12.1. The van der Waals surface area contributed by atoms with Gasteiger partial charge in [0.05, 0.1) is 11.9 Å². The highest BCUT2D eigenvalue weighted by Gasteiger charge is 2.08. The molecule has 0 radical (unpaired) electrons. The highest BCUT2D eigenvalue weighted by atomic mass is 79.9. The Morgan fingerprint density at radius 1 is 1.58 bits per heavy atom. The molecule has 0 amide bonds. The summed E-state index contributed by atoms with van der Waals surface area (Å²) in [5.41, 5.74) is 0.724. The number of rotatable bonds is 8. The van der Waals surface area contributed by atoms with Crippen LogP contribution >= 0.6 is 27.7 Å². The zero-order valence-electron chi connectivity index (χ0n) is 11.8. The average Bonchev–Trinajstić information content (AvgIpc) is 2.42. The predicted octanol–water partition coefficient (Wildman–Crippen LogP) is 3.36. The smallest absolute Gasteiger partial charge is 0.283 e. The summed E-state index contributed by atoms with van der Waals surface area (Å²) >= 11 is 5.21. The van der Waals surface area contributed by atoms with Crippen LogP contribution in [0.2, 0.25) is 0 Å². The molecule has 108 valence electrons. The molecule has 6 heteroatoms. The quantitative estimate of drug-likeness (QED) is 0.783. The van der Waals surface area contributed by atoms with Gasteiger partial charge in [0.25, 0.3) is 5.56 Å². The molecule has 4 nitrogen and oxygen atoms in total. The van der Waals surface area contributed by atoms with Crippen molar-refractivity contribution in [2.45, 2.75) is 44.9 Å². The van der Waals surface area contributed by atoms with Gasteiger partial charge in [0.15, 0.2) is 0 Å². The van der Waals surface area contributed by atoms with Gasteiger partial charge in [-0.1, -0.05) is 20.3 Å². The van der Waals surface area contributed by atoms with Crippen molar-refractivity contribution in [1.29, 1.82) is 0 Å². The molecule has 1 heterocycles. The first kappa shape index (κ1) is 16.6. The molecular formula is C13H22BrN3OS. The first-order valence-corrected chi connectivity index (χ1v) is 8.70. The summed E-state index contributed by atoms with van der Waals surface area (Å²) in [6.07, 6.45) is 6.92. The second kappa shape index (κ2) is 8.64. The lowest BCUT2D eigenvalue weighted by Crippen LogP contribution is -2.25. The van der Waals surface area contributed by atoms with Crippen molar-refractivity contribution in [1.82, 2.24) is 9.78 Å². The van der Waals surface area contributed by atoms with Crippen LogP contribution in [-0.4, -0.2) is 27.8 Å². The highest BCUT2D eigenvalue weighted by molar-refractivity contribution is 9.10. The molecule has 19 heavy (non-hydrogen) atoms. The lowest BCUT2D eigenvalue weighted by atomic mass is 10.3. The number of hydrogen-bond acceptors (Lipinski definition) is 4. The number of halogens is 1. The monoisotopic (exact) mass is 347 g/mol. The molecule has 0 spiro atoms. The first-order valence-electron chi connectivity index (χ1n) is 6.62. The lowest BCUT2D eigenvalue weighted by molar-refractivity contribution is 0.541. The van der Waals surface area contributed by atoms with Crippen LogP contribution in [0.5, 0.6) is 0 Å². The molecule has 1 rings (SSSR count). The van der Waals surface area contributed by atoms with Crippen LogP contribution in [0, 0.1) is 0 Å². The van der Waals surface area contributed by atoms with Crippen molar-refractivity contribution >= 4 is 33.4 Å². The lowest BCUT2D eigenvalue weighted by Gasteiger charge is -2.12. The van der Waals surface area contributed by atoms with E-state index in [4.69, 9.17) is 0 Å². The van der Waals surface area contributed by atoms with E-state index in [0.717, 1.165) is 31.5 Å². The summed E-state index contributed by atoms with van der Waals surface area (Å²) in [5, 5.41) is 8.08.